The topological polar surface area (TPSA) is 119 Å². The summed E-state index contributed by atoms with van der Waals surface area (Å²) in [5, 5.41) is 17.6. The molecule has 0 unspecified atom stereocenters. The van der Waals surface area contributed by atoms with Crippen molar-refractivity contribution >= 4 is 11.9 Å². The first kappa shape index (κ1) is 15.9. The van der Waals surface area contributed by atoms with Gasteiger partial charge < -0.3 is 9.84 Å². The molecule has 3 aromatic rings. The summed E-state index contributed by atoms with van der Waals surface area (Å²) in [6.45, 7) is 3.46. The molecule has 26 heavy (non-hydrogen) atoms. The molecule has 1 aliphatic heterocycles. The van der Waals surface area contributed by atoms with Gasteiger partial charge in [0.05, 0.1) is 17.9 Å². The second-order valence-corrected chi connectivity index (χ2v) is 6.19. The third kappa shape index (κ3) is 2.51. The number of benzene rings is 1. The number of urea groups is 1. The van der Waals surface area contributed by atoms with E-state index in [0.717, 1.165) is 4.90 Å². The van der Waals surface area contributed by atoms with Crippen molar-refractivity contribution in [3.8, 4) is 5.69 Å². The van der Waals surface area contributed by atoms with Crippen LogP contribution in [0, 0.1) is 6.92 Å². The van der Waals surface area contributed by atoms with Crippen LogP contribution < -0.4 is 5.32 Å². The predicted molar refractivity (Wildman–Crippen MR) is 86.8 cm³/mol. The number of hydrogen-bond acceptors (Lipinski definition) is 7. The van der Waals surface area contributed by atoms with Gasteiger partial charge in [0.15, 0.2) is 5.76 Å². The SMILES string of the molecule is Cc1cc(CN2C(=O)N[C@](C)(c3cccc(-n4cnnn4)c3)C2=O)on1. The normalized spacial score (nSPS) is 19.8. The van der Waals surface area contributed by atoms with Crippen molar-refractivity contribution < 1.29 is 14.1 Å². The maximum absolute atomic E-state index is 13.0. The lowest BCUT2D eigenvalue weighted by molar-refractivity contribution is -0.131. The summed E-state index contributed by atoms with van der Waals surface area (Å²) in [4.78, 5) is 26.5. The standard InChI is InChI=1S/C16H15N7O3/c1-10-6-13(26-19-10)8-22-14(24)16(2,18-15(22)25)11-4-3-5-12(7-11)23-9-17-20-21-23/h3-7,9H,8H2,1-2H3,(H,18,25)/t16-/m1/s1. The van der Waals surface area contributed by atoms with E-state index in [1.807, 2.05) is 0 Å². The van der Waals surface area contributed by atoms with Gasteiger partial charge in [-0.15, -0.1) is 5.10 Å². The summed E-state index contributed by atoms with van der Waals surface area (Å²) in [5.74, 6) is 0.0723. The highest BCUT2D eigenvalue weighted by Gasteiger charge is 2.49. The van der Waals surface area contributed by atoms with Crippen molar-refractivity contribution in [2.75, 3.05) is 0 Å². The first-order valence-electron chi connectivity index (χ1n) is 7.87. The van der Waals surface area contributed by atoms with E-state index < -0.39 is 11.6 Å². The lowest BCUT2D eigenvalue weighted by Crippen LogP contribution is -2.40. The van der Waals surface area contributed by atoms with Gasteiger partial charge in [-0.05, 0) is 42.0 Å². The van der Waals surface area contributed by atoms with Gasteiger partial charge in [-0.2, -0.15) is 0 Å². The molecule has 0 radical (unpaired) electrons. The zero-order valence-corrected chi connectivity index (χ0v) is 14.1. The van der Waals surface area contributed by atoms with E-state index >= 15 is 0 Å². The molecule has 10 nitrogen and oxygen atoms in total. The van der Waals surface area contributed by atoms with E-state index in [4.69, 9.17) is 4.52 Å². The van der Waals surface area contributed by atoms with Crippen LogP contribution in [-0.4, -0.2) is 42.2 Å². The minimum atomic E-state index is -1.20. The maximum atomic E-state index is 13.0. The highest BCUT2D eigenvalue weighted by molar-refractivity contribution is 6.07. The summed E-state index contributed by atoms with van der Waals surface area (Å²) in [5.41, 5.74) is 0.792. The number of carbonyl (C=O) groups is 2. The predicted octanol–water partition coefficient (Wildman–Crippen LogP) is 0.926. The Morgan fingerprint density at radius 1 is 1.27 bits per heavy atom. The van der Waals surface area contributed by atoms with Gasteiger partial charge in [-0.1, -0.05) is 17.3 Å². The molecule has 0 bridgehead atoms. The van der Waals surface area contributed by atoms with Crippen molar-refractivity contribution in [2.24, 2.45) is 0 Å². The minimum Gasteiger partial charge on any atom is -0.359 e. The Morgan fingerprint density at radius 3 is 2.81 bits per heavy atom. The lowest BCUT2D eigenvalue weighted by Gasteiger charge is -2.22. The highest BCUT2D eigenvalue weighted by atomic mass is 16.5. The number of aryl methyl sites for hydroxylation is 1. The first-order chi connectivity index (χ1) is 12.5. The number of aromatic nitrogens is 5. The molecule has 1 N–H and O–H groups in total. The van der Waals surface area contributed by atoms with Crippen LogP contribution in [0.2, 0.25) is 0 Å². The third-order valence-corrected chi connectivity index (χ3v) is 4.30. The molecule has 2 aromatic heterocycles. The van der Waals surface area contributed by atoms with Gasteiger partial charge in [-0.3, -0.25) is 9.69 Å². The number of amides is 3. The van der Waals surface area contributed by atoms with Crippen molar-refractivity contribution in [2.45, 2.75) is 25.9 Å². The molecule has 1 fully saturated rings. The Hall–Kier alpha value is -3.56. The largest absolute Gasteiger partial charge is 0.359 e. The molecule has 10 heteroatoms. The highest BCUT2D eigenvalue weighted by Crippen LogP contribution is 2.30. The number of hydrogen-bond donors (Lipinski definition) is 1. The summed E-state index contributed by atoms with van der Waals surface area (Å²) >= 11 is 0. The summed E-state index contributed by atoms with van der Waals surface area (Å²) in [7, 11) is 0. The number of tetrazole rings is 1. The monoisotopic (exact) mass is 353 g/mol. The Bertz CT molecular complexity index is 981. The van der Waals surface area contributed by atoms with E-state index in [2.05, 4.69) is 26.0 Å². The lowest BCUT2D eigenvalue weighted by atomic mass is 9.91. The Balaban J connectivity index is 1.65. The smallest absolute Gasteiger partial charge is 0.325 e. The van der Waals surface area contributed by atoms with Crippen molar-refractivity contribution in [1.82, 2.24) is 35.6 Å². The number of nitrogens with zero attached hydrogens (tertiary/aromatic N) is 6. The average Bonchev–Trinajstić information content (AvgIpc) is 3.34. The zero-order valence-electron chi connectivity index (χ0n) is 14.1. The molecule has 1 aromatic carbocycles. The Labute approximate surface area is 147 Å². The van der Waals surface area contributed by atoms with E-state index in [-0.39, 0.29) is 12.5 Å². The molecule has 1 saturated heterocycles. The summed E-state index contributed by atoms with van der Waals surface area (Å²) < 4.78 is 6.59. The van der Waals surface area contributed by atoms with Crippen LogP contribution in [0.5, 0.6) is 0 Å². The molecular formula is C16H15N7O3. The van der Waals surface area contributed by atoms with Gasteiger partial charge in [0.2, 0.25) is 0 Å². The van der Waals surface area contributed by atoms with Crippen molar-refractivity contribution in [1.29, 1.82) is 0 Å². The molecule has 3 amide bonds. The summed E-state index contributed by atoms with van der Waals surface area (Å²) in [6, 6.07) is 8.32. The first-order valence-corrected chi connectivity index (χ1v) is 7.87. The molecule has 4 rings (SSSR count). The van der Waals surface area contributed by atoms with Crippen LogP contribution in [0.4, 0.5) is 4.79 Å². The van der Waals surface area contributed by atoms with Crippen LogP contribution in [0.1, 0.15) is 23.9 Å². The van der Waals surface area contributed by atoms with Gasteiger partial charge in [0.25, 0.3) is 5.91 Å². The second-order valence-electron chi connectivity index (χ2n) is 6.19. The van der Waals surface area contributed by atoms with Crippen molar-refractivity contribution in [3.63, 3.8) is 0 Å². The molecule has 0 saturated carbocycles. The van der Waals surface area contributed by atoms with Gasteiger partial charge in [0.1, 0.15) is 11.9 Å². The minimum absolute atomic E-state index is 0.0216. The van der Waals surface area contributed by atoms with Crippen LogP contribution in [0.3, 0.4) is 0 Å². The van der Waals surface area contributed by atoms with Crippen LogP contribution in [0.25, 0.3) is 5.69 Å². The molecule has 1 atom stereocenters. The number of imide groups is 1. The van der Waals surface area contributed by atoms with Gasteiger partial charge in [0, 0.05) is 6.07 Å². The van der Waals surface area contributed by atoms with Gasteiger partial charge in [-0.25, -0.2) is 9.48 Å². The van der Waals surface area contributed by atoms with Crippen LogP contribution in [-0.2, 0) is 16.9 Å². The molecule has 0 spiro atoms. The molecule has 3 heterocycles. The zero-order chi connectivity index (χ0) is 18.3. The number of carbonyl (C=O) groups excluding carboxylic acids is 2. The van der Waals surface area contributed by atoms with E-state index in [1.54, 1.807) is 44.2 Å². The summed E-state index contributed by atoms with van der Waals surface area (Å²) in [6.07, 6.45) is 1.45. The van der Waals surface area contributed by atoms with E-state index in [1.165, 1.54) is 11.0 Å². The van der Waals surface area contributed by atoms with E-state index in [0.29, 0.717) is 22.7 Å². The Morgan fingerprint density at radius 2 is 2.12 bits per heavy atom. The van der Waals surface area contributed by atoms with Crippen LogP contribution in [0.15, 0.2) is 41.2 Å². The molecule has 1 aliphatic rings. The van der Waals surface area contributed by atoms with Crippen LogP contribution >= 0.6 is 0 Å². The second kappa shape index (κ2) is 5.76. The average molecular weight is 353 g/mol. The van der Waals surface area contributed by atoms with Gasteiger partial charge >= 0.3 is 6.03 Å². The fourth-order valence-electron chi connectivity index (χ4n) is 2.92. The molecule has 132 valence electrons. The fraction of sp³-hybridized carbons (Fsp3) is 0.250. The fourth-order valence-corrected chi connectivity index (χ4v) is 2.92. The maximum Gasteiger partial charge on any atom is 0.325 e. The number of rotatable bonds is 4. The number of nitrogens with one attached hydrogen (secondary N) is 1. The van der Waals surface area contributed by atoms with Crippen molar-refractivity contribution in [3.05, 3.63) is 53.7 Å². The quantitative estimate of drug-likeness (QED) is 0.693. The Kier molecular flexibility index (Phi) is 3.53. The molecule has 0 aliphatic carbocycles. The third-order valence-electron chi connectivity index (χ3n) is 4.30. The van der Waals surface area contributed by atoms with E-state index in [9.17, 15) is 9.59 Å². The molecular weight excluding hydrogens is 338 g/mol.